The van der Waals surface area contributed by atoms with Crippen molar-refractivity contribution in [3.63, 3.8) is 0 Å². The summed E-state index contributed by atoms with van der Waals surface area (Å²) < 4.78 is 36.1. The molecule has 1 saturated heterocycles. The molecule has 5 atom stereocenters. The monoisotopic (exact) mass is 753 g/mol. The summed E-state index contributed by atoms with van der Waals surface area (Å²) in [5, 5.41) is 25.8. The number of ketones is 1. The first-order valence-corrected chi connectivity index (χ1v) is 21.3. The molecule has 1 aromatic heterocycles. The number of fused-ring (bicyclic) bond motifs is 8. The molecule has 2 fully saturated rings. The molecule has 53 heavy (non-hydrogen) atoms. The summed E-state index contributed by atoms with van der Waals surface area (Å²) in [7, 11) is -3.91. The van der Waals surface area contributed by atoms with Gasteiger partial charge in [-0.1, -0.05) is 91.4 Å². The number of thiophene rings is 1. The van der Waals surface area contributed by atoms with Crippen molar-refractivity contribution >= 4 is 27.1 Å². The fourth-order valence-electron chi connectivity index (χ4n) is 8.89. The molecule has 1 saturated carbocycles. The second-order valence-electron chi connectivity index (χ2n) is 15.6. The SMILES string of the molecule is CC1=CCC[C@@]2(C)[C@@H](CC[C@@]2(O)CN(C[C@H]2CCCO2)S(=O)(=O)c2cccs2)c2ccc(cc2C(=O)c2ccc(-c3ccccc3)cc2)C[C@@H](O)CC1. The number of carbonyl (C=O) groups excluding carboxylic acids is 1. The van der Waals surface area contributed by atoms with Gasteiger partial charge in [0.25, 0.3) is 10.0 Å². The highest BCUT2D eigenvalue weighted by atomic mass is 32.2. The van der Waals surface area contributed by atoms with Crippen molar-refractivity contribution in [3.05, 3.63) is 124 Å². The van der Waals surface area contributed by atoms with E-state index in [1.807, 2.05) is 72.8 Å². The van der Waals surface area contributed by atoms with E-state index in [2.05, 4.69) is 19.9 Å². The second kappa shape index (κ2) is 15.7. The van der Waals surface area contributed by atoms with Gasteiger partial charge >= 0.3 is 0 Å². The zero-order chi connectivity index (χ0) is 37.2. The van der Waals surface area contributed by atoms with Gasteiger partial charge in [0.2, 0.25) is 0 Å². The number of aliphatic hydroxyl groups excluding tert-OH is 1. The Bertz CT molecular complexity index is 2020. The summed E-state index contributed by atoms with van der Waals surface area (Å²) in [5.41, 5.74) is 4.03. The van der Waals surface area contributed by atoms with Crippen LogP contribution in [0.2, 0.25) is 0 Å². The van der Waals surface area contributed by atoms with E-state index in [4.69, 9.17) is 4.74 Å². The largest absolute Gasteiger partial charge is 0.393 e. The quantitative estimate of drug-likeness (QED) is 0.131. The van der Waals surface area contributed by atoms with Crippen molar-refractivity contribution in [1.82, 2.24) is 4.31 Å². The van der Waals surface area contributed by atoms with E-state index in [9.17, 15) is 23.4 Å². The van der Waals surface area contributed by atoms with Crippen LogP contribution in [0.1, 0.15) is 98.2 Å². The molecule has 0 amide bonds. The van der Waals surface area contributed by atoms with Crippen molar-refractivity contribution in [2.75, 3.05) is 19.7 Å². The van der Waals surface area contributed by atoms with Crippen molar-refractivity contribution in [2.24, 2.45) is 5.41 Å². The Kier molecular flexibility index (Phi) is 11.2. The molecule has 0 spiro atoms. The van der Waals surface area contributed by atoms with E-state index in [-0.39, 0.29) is 35.1 Å². The van der Waals surface area contributed by atoms with Crippen LogP contribution in [-0.4, -0.2) is 66.2 Å². The number of hydrogen-bond acceptors (Lipinski definition) is 7. The van der Waals surface area contributed by atoms with Crippen LogP contribution in [0.4, 0.5) is 0 Å². The highest BCUT2D eigenvalue weighted by Gasteiger charge is 2.58. The summed E-state index contributed by atoms with van der Waals surface area (Å²) in [6, 6.07) is 27.1. The van der Waals surface area contributed by atoms with Crippen LogP contribution >= 0.6 is 11.3 Å². The van der Waals surface area contributed by atoms with Crippen molar-refractivity contribution in [1.29, 1.82) is 0 Å². The number of sulfonamides is 1. The summed E-state index contributed by atoms with van der Waals surface area (Å²) in [5.74, 6) is -0.323. The summed E-state index contributed by atoms with van der Waals surface area (Å²) >= 11 is 1.19. The molecule has 2 heterocycles. The first-order chi connectivity index (χ1) is 25.5. The molecule has 0 unspecified atom stereocenters. The number of rotatable bonds is 9. The summed E-state index contributed by atoms with van der Waals surface area (Å²) in [6.45, 7) is 4.91. The van der Waals surface area contributed by atoms with Gasteiger partial charge in [0, 0.05) is 36.2 Å². The first-order valence-electron chi connectivity index (χ1n) is 19.0. The Hall–Kier alpha value is -3.44. The first kappa shape index (κ1) is 37.9. The molecule has 1 aliphatic heterocycles. The molecule has 2 N–H and O–H groups in total. The van der Waals surface area contributed by atoms with Crippen molar-refractivity contribution in [2.45, 2.75) is 99.6 Å². The van der Waals surface area contributed by atoms with Crippen molar-refractivity contribution in [3.8, 4) is 11.1 Å². The molecule has 0 radical (unpaired) electrons. The Morgan fingerprint density at radius 2 is 1.74 bits per heavy atom. The highest BCUT2D eigenvalue weighted by Crippen LogP contribution is 2.59. The lowest BCUT2D eigenvalue weighted by atomic mass is 9.64. The van der Waals surface area contributed by atoms with Gasteiger partial charge in [0.05, 0.1) is 17.8 Å². The minimum Gasteiger partial charge on any atom is -0.393 e. The molecular weight excluding hydrogens is 703 g/mol. The number of hydrogen-bond donors (Lipinski definition) is 2. The fourth-order valence-corrected chi connectivity index (χ4v) is 11.6. The van der Waals surface area contributed by atoms with Crippen molar-refractivity contribution < 1.29 is 28.2 Å². The predicted octanol–water partition coefficient (Wildman–Crippen LogP) is 8.55. The number of nitrogens with zero attached hydrogens (tertiary/aromatic N) is 1. The zero-order valence-electron chi connectivity index (χ0n) is 30.7. The lowest BCUT2D eigenvalue weighted by Gasteiger charge is -2.46. The topological polar surface area (TPSA) is 104 Å². The average molecular weight is 754 g/mol. The normalized spacial score (nSPS) is 26.7. The molecule has 7 nitrogen and oxygen atoms in total. The lowest BCUT2D eigenvalue weighted by molar-refractivity contribution is -0.0754. The third-order valence-electron chi connectivity index (χ3n) is 12.1. The Labute approximate surface area is 318 Å². The number of aliphatic hydroxyl groups is 2. The lowest BCUT2D eigenvalue weighted by Crippen LogP contribution is -2.54. The minimum absolute atomic E-state index is 0.0582. The molecule has 4 aromatic rings. The number of allylic oxidation sites excluding steroid dienone is 2. The third-order valence-corrected chi connectivity index (χ3v) is 15.3. The Morgan fingerprint density at radius 3 is 2.45 bits per heavy atom. The molecule has 280 valence electrons. The van der Waals surface area contributed by atoms with Crippen LogP contribution in [0.15, 0.2) is 106 Å². The van der Waals surface area contributed by atoms with Gasteiger partial charge in [-0.15, -0.1) is 11.3 Å². The van der Waals surface area contributed by atoms with Gasteiger partial charge in [-0.05, 0) is 110 Å². The van der Waals surface area contributed by atoms with E-state index in [0.29, 0.717) is 56.3 Å². The van der Waals surface area contributed by atoms with Crippen LogP contribution < -0.4 is 0 Å². The second-order valence-corrected chi connectivity index (χ2v) is 18.7. The standard InChI is InChI=1S/C44H51NO6S2/c1-31-9-6-23-43(2)40(22-24-44(43,48)30-45(29-37-12-7-25-51-37)53(49,50)41-13-8-26-52-41)38-21-15-32(27-36(46)20-14-31)28-39(38)42(47)35-18-16-34(17-19-35)33-10-4-3-5-11-33/h3-5,8-11,13,15-19,21,26,28,36-37,40,46,48H,6-7,12,14,20,22-25,27,29-30H2,1-2H3/t36-,37+,40-,43-,44+/m0/s1. The zero-order valence-corrected chi connectivity index (χ0v) is 32.4. The van der Waals surface area contributed by atoms with Crippen LogP contribution in [0.5, 0.6) is 0 Å². The predicted molar refractivity (Wildman–Crippen MR) is 211 cm³/mol. The smallest absolute Gasteiger partial charge is 0.252 e. The average Bonchev–Trinajstić information content (AvgIpc) is 3.94. The number of ether oxygens (including phenoxy) is 1. The molecule has 3 aromatic carbocycles. The van der Waals surface area contributed by atoms with E-state index in [1.54, 1.807) is 17.5 Å². The third kappa shape index (κ3) is 7.88. The Morgan fingerprint density at radius 1 is 0.962 bits per heavy atom. The van der Waals surface area contributed by atoms with Gasteiger partial charge in [0.1, 0.15) is 4.21 Å². The number of benzene rings is 3. The Balaban J connectivity index is 1.29. The van der Waals surface area contributed by atoms with Gasteiger partial charge in [-0.2, -0.15) is 4.31 Å². The van der Waals surface area contributed by atoms with E-state index in [1.165, 1.54) is 21.2 Å². The molecule has 3 aliphatic carbocycles. The summed E-state index contributed by atoms with van der Waals surface area (Å²) in [6.07, 6.45) is 7.15. The summed E-state index contributed by atoms with van der Waals surface area (Å²) in [4.78, 5) is 14.6. The van der Waals surface area contributed by atoms with Crippen LogP contribution in [-0.2, 0) is 21.2 Å². The molecule has 2 bridgehead atoms. The van der Waals surface area contributed by atoms with Crippen LogP contribution in [0.3, 0.4) is 0 Å². The van der Waals surface area contributed by atoms with Crippen LogP contribution in [0.25, 0.3) is 11.1 Å². The molecule has 8 rings (SSSR count). The molecule has 4 aliphatic rings. The van der Waals surface area contributed by atoms with Crippen LogP contribution in [0, 0.1) is 5.41 Å². The maximum atomic E-state index is 14.6. The molecule has 9 heteroatoms. The minimum atomic E-state index is -3.91. The molecular formula is C44H51NO6S2. The van der Waals surface area contributed by atoms with Gasteiger partial charge < -0.3 is 14.9 Å². The maximum Gasteiger partial charge on any atom is 0.252 e. The number of carbonyl (C=O) groups is 1. The van der Waals surface area contributed by atoms with Gasteiger partial charge in [-0.3, -0.25) is 4.79 Å². The fraction of sp³-hybridized carbons (Fsp3) is 0.432. The van der Waals surface area contributed by atoms with Gasteiger partial charge in [0.15, 0.2) is 5.78 Å². The van der Waals surface area contributed by atoms with E-state index >= 15 is 0 Å². The van der Waals surface area contributed by atoms with E-state index in [0.717, 1.165) is 41.5 Å². The van der Waals surface area contributed by atoms with E-state index < -0.39 is 27.1 Å². The maximum absolute atomic E-state index is 14.6. The van der Waals surface area contributed by atoms with Gasteiger partial charge in [-0.25, -0.2) is 8.42 Å². The highest BCUT2D eigenvalue weighted by molar-refractivity contribution is 7.91.